The van der Waals surface area contributed by atoms with Crippen LogP contribution in [0.5, 0.6) is 0 Å². The van der Waals surface area contributed by atoms with Crippen molar-refractivity contribution in [3.05, 3.63) is 63.3 Å². The zero-order valence-electron chi connectivity index (χ0n) is 18.8. The highest BCUT2D eigenvalue weighted by atomic mass is 19.1. The van der Waals surface area contributed by atoms with Gasteiger partial charge in [0.05, 0.1) is 12.6 Å². The van der Waals surface area contributed by atoms with Crippen LogP contribution in [0.1, 0.15) is 59.0 Å². The number of hydrogen-bond donors (Lipinski definition) is 3. The number of H-pyrrole nitrogens is 1. The first-order valence-corrected chi connectivity index (χ1v) is 11.5. The molecule has 2 amide bonds. The van der Waals surface area contributed by atoms with Crippen molar-refractivity contribution in [3.63, 3.8) is 0 Å². The van der Waals surface area contributed by atoms with E-state index in [0.29, 0.717) is 23.1 Å². The summed E-state index contributed by atoms with van der Waals surface area (Å²) in [7, 11) is 0. The smallest absolute Gasteiger partial charge is 0.251 e. The predicted octanol–water partition coefficient (Wildman–Crippen LogP) is 1.80. The van der Waals surface area contributed by atoms with Gasteiger partial charge in [0.25, 0.3) is 11.5 Å². The van der Waals surface area contributed by atoms with Gasteiger partial charge in [-0.15, -0.1) is 0 Å². The van der Waals surface area contributed by atoms with Gasteiger partial charge in [0.1, 0.15) is 12.5 Å². The molecule has 1 saturated heterocycles. The molecule has 2 fully saturated rings. The number of carbonyl (C=O) groups is 2. The Hall–Kier alpha value is -3.07. The first-order chi connectivity index (χ1) is 15.9. The summed E-state index contributed by atoms with van der Waals surface area (Å²) in [4.78, 5) is 45.8. The lowest BCUT2D eigenvalue weighted by Gasteiger charge is -2.46. The maximum absolute atomic E-state index is 12.7. The molecule has 0 unspecified atom stereocenters. The van der Waals surface area contributed by atoms with Gasteiger partial charge in [-0.05, 0) is 50.3 Å². The second-order valence-corrected chi connectivity index (χ2v) is 9.01. The number of aryl methyl sites for hydroxylation is 1. The molecule has 1 aromatic heterocycles. The Morgan fingerprint density at radius 1 is 1.18 bits per heavy atom. The van der Waals surface area contributed by atoms with E-state index in [1.165, 1.54) is 12.1 Å². The predicted molar refractivity (Wildman–Crippen MR) is 122 cm³/mol. The highest BCUT2D eigenvalue weighted by Gasteiger charge is 2.35. The molecule has 1 aliphatic carbocycles. The first kappa shape index (κ1) is 23.1. The Morgan fingerprint density at radius 3 is 2.64 bits per heavy atom. The van der Waals surface area contributed by atoms with Crippen LogP contribution in [-0.4, -0.2) is 58.4 Å². The number of benzene rings is 1. The van der Waals surface area contributed by atoms with Crippen LogP contribution in [0.3, 0.4) is 0 Å². The minimum atomic E-state index is -0.635. The summed E-state index contributed by atoms with van der Waals surface area (Å²) in [5.41, 5.74) is 1.43. The lowest BCUT2D eigenvalue weighted by molar-refractivity contribution is -0.122. The highest BCUT2D eigenvalue weighted by molar-refractivity contribution is 5.96. The Balaban J connectivity index is 1.16. The third kappa shape index (κ3) is 5.84. The number of rotatable bonds is 7. The van der Waals surface area contributed by atoms with Crippen molar-refractivity contribution >= 4 is 11.8 Å². The summed E-state index contributed by atoms with van der Waals surface area (Å²) < 4.78 is 12.7. The molecule has 0 bridgehead atoms. The molecule has 1 saturated carbocycles. The van der Waals surface area contributed by atoms with Crippen LogP contribution in [0.2, 0.25) is 0 Å². The first-order valence-electron chi connectivity index (χ1n) is 11.5. The maximum Gasteiger partial charge on any atom is 0.251 e. The van der Waals surface area contributed by atoms with Crippen molar-refractivity contribution in [2.45, 2.75) is 57.3 Å². The summed E-state index contributed by atoms with van der Waals surface area (Å²) >= 11 is 0. The van der Waals surface area contributed by atoms with E-state index in [1.54, 1.807) is 18.2 Å². The van der Waals surface area contributed by atoms with E-state index < -0.39 is 12.6 Å². The summed E-state index contributed by atoms with van der Waals surface area (Å²) in [5.74, 6) is 0.468. The number of nitrogens with one attached hydrogen (secondary N) is 3. The Kier molecular flexibility index (Phi) is 7.17. The Bertz CT molecular complexity index is 1060. The lowest BCUT2D eigenvalue weighted by atomic mass is 9.83. The molecule has 1 aromatic carbocycles. The van der Waals surface area contributed by atoms with E-state index in [0.717, 1.165) is 50.3 Å². The Morgan fingerprint density at radius 2 is 1.94 bits per heavy atom. The number of aromatic nitrogens is 2. The van der Waals surface area contributed by atoms with Crippen LogP contribution >= 0.6 is 0 Å². The number of likely N-dealkylation sites (tertiary alicyclic amines) is 1. The number of alkyl halides is 1. The van der Waals surface area contributed by atoms with Gasteiger partial charge in [0.15, 0.2) is 0 Å². The molecule has 176 valence electrons. The fourth-order valence-corrected chi connectivity index (χ4v) is 4.75. The molecule has 3 N–H and O–H groups in total. The van der Waals surface area contributed by atoms with Gasteiger partial charge in [-0.3, -0.25) is 19.3 Å². The van der Waals surface area contributed by atoms with Gasteiger partial charge in [-0.25, -0.2) is 9.37 Å². The van der Waals surface area contributed by atoms with Crippen LogP contribution in [0.4, 0.5) is 4.39 Å². The lowest BCUT2D eigenvalue weighted by Crippen LogP contribution is -2.63. The molecule has 2 heterocycles. The van der Waals surface area contributed by atoms with Crippen molar-refractivity contribution in [3.8, 4) is 0 Å². The second kappa shape index (κ2) is 10.2. The molecule has 8 nitrogen and oxygen atoms in total. The molecular weight excluding hydrogens is 425 g/mol. The van der Waals surface area contributed by atoms with Gasteiger partial charge in [-0.2, -0.15) is 0 Å². The second-order valence-electron chi connectivity index (χ2n) is 9.01. The minimum absolute atomic E-state index is 0.0804. The molecule has 4 rings (SSSR count). The third-order valence-corrected chi connectivity index (χ3v) is 6.52. The topological polar surface area (TPSA) is 107 Å². The summed E-state index contributed by atoms with van der Waals surface area (Å²) in [6, 6.07) is 8.38. The van der Waals surface area contributed by atoms with E-state index in [9.17, 15) is 18.8 Å². The van der Waals surface area contributed by atoms with Crippen molar-refractivity contribution < 1.29 is 14.0 Å². The van der Waals surface area contributed by atoms with Crippen LogP contribution in [-0.2, 0) is 11.5 Å². The normalized spacial score (nSPS) is 21.3. The number of nitrogens with zero attached hydrogens (tertiary/aromatic N) is 2. The quantitative estimate of drug-likeness (QED) is 0.590. The van der Waals surface area contributed by atoms with Crippen molar-refractivity contribution in [2.75, 3.05) is 19.6 Å². The van der Waals surface area contributed by atoms with E-state index in [2.05, 4.69) is 25.5 Å². The zero-order valence-corrected chi connectivity index (χ0v) is 18.8. The summed E-state index contributed by atoms with van der Waals surface area (Å²) in [6.45, 7) is 2.69. The van der Waals surface area contributed by atoms with E-state index in [4.69, 9.17) is 0 Å². The molecule has 2 aromatic rings. The average Bonchev–Trinajstić information content (AvgIpc) is 2.79. The Labute approximate surface area is 192 Å². The number of hydrogen-bond acceptors (Lipinski definition) is 5. The fourth-order valence-electron chi connectivity index (χ4n) is 4.75. The van der Waals surface area contributed by atoms with Gasteiger partial charge in [-0.1, -0.05) is 12.1 Å². The SMILES string of the molecule is Cc1cc(=O)[nH]c(C2CCC(N3CC(NC(=O)CNC(=O)c4cccc(CF)c4)C3)CC2)n1. The molecule has 2 aliphatic rings. The number of halogens is 1. The van der Waals surface area contributed by atoms with Crippen molar-refractivity contribution in [1.29, 1.82) is 0 Å². The van der Waals surface area contributed by atoms with Gasteiger partial charge in [0.2, 0.25) is 5.91 Å². The molecule has 0 radical (unpaired) electrons. The highest BCUT2D eigenvalue weighted by Crippen LogP contribution is 2.34. The number of amides is 2. The average molecular weight is 456 g/mol. The van der Waals surface area contributed by atoms with Crippen LogP contribution < -0.4 is 16.2 Å². The van der Waals surface area contributed by atoms with Crippen molar-refractivity contribution in [2.24, 2.45) is 0 Å². The van der Waals surface area contributed by atoms with Crippen LogP contribution in [0.25, 0.3) is 0 Å². The van der Waals surface area contributed by atoms with E-state index in [1.807, 2.05) is 6.92 Å². The minimum Gasteiger partial charge on any atom is -0.349 e. The standard InChI is InChI=1S/C24H30FN5O3/c1-15-9-21(31)29-23(27-15)17-5-7-20(8-6-17)30-13-19(14-30)28-22(32)12-26-24(33)18-4-2-3-16(10-18)11-25/h2-4,9-10,17,19-20H,5-8,11-14H2,1H3,(H,26,33)(H,28,32)(H,27,29,31). The molecule has 1 aliphatic heterocycles. The molecule has 9 heteroatoms. The van der Waals surface area contributed by atoms with Crippen molar-refractivity contribution in [1.82, 2.24) is 25.5 Å². The molecule has 0 atom stereocenters. The van der Waals surface area contributed by atoms with Gasteiger partial charge < -0.3 is 15.6 Å². The summed E-state index contributed by atoms with van der Waals surface area (Å²) in [5, 5.41) is 5.55. The van der Waals surface area contributed by atoms with E-state index in [-0.39, 0.29) is 24.1 Å². The van der Waals surface area contributed by atoms with Crippen LogP contribution in [0, 0.1) is 6.92 Å². The zero-order chi connectivity index (χ0) is 23.4. The van der Waals surface area contributed by atoms with Gasteiger partial charge in [0, 0.05) is 42.4 Å². The molecular formula is C24H30FN5O3. The summed E-state index contributed by atoms with van der Waals surface area (Å²) in [6.07, 6.45) is 4.05. The molecule has 33 heavy (non-hydrogen) atoms. The van der Waals surface area contributed by atoms with E-state index >= 15 is 0 Å². The number of aromatic amines is 1. The number of carbonyl (C=O) groups excluding carboxylic acids is 2. The maximum atomic E-state index is 12.7. The van der Waals surface area contributed by atoms with Crippen LogP contribution in [0.15, 0.2) is 35.1 Å². The monoisotopic (exact) mass is 455 g/mol. The third-order valence-electron chi connectivity index (χ3n) is 6.52. The van der Waals surface area contributed by atoms with Gasteiger partial charge >= 0.3 is 0 Å². The largest absolute Gasteiger partial charge is 0.349 e. The molecule has 0 spiro atoms. The fraction of sp³-hybridized carbons (Fsp3) is 0.500.